The van der Waals surface area contributed by atoms with Crippen molar-refractivity contribution in [2.75, 3.05) is 31.1 Å². The molecule has 21 heavy (non-hydrogen) atoms. The van der Waals surface area contributed by atoms with E-state index in [-0.39, 0.29) is 11.1 Å². The van der Waals surface area contributed by atoms with Crippen LogP contribution in [0.25, 0.3) is 0 Å². The number of hydrogen-bond acceptors (Lipinski definition) is 4. The second-order valence-electron chi connectivity index (χ2n) is 5.16. The molecule has 0 aliphatic carbocycles. The molecule has 2 rings (SSSR count). The van der Waals surface area contributed by atoms with E-state index in [9.17, 15) is 13.2 Å². The zero-order valence-electron chi connectivity index (χ0n) is 12.0. The van der Waals surface area contributed by atoms with Gasteiger partial charge < -0.3 is 4.90 Å². The first-order valence-electron chi connectivity index (χ1n) is 6.92. The molecule has 1 aromatic heterocycles. The molecule has 1 aromatic rings. The minimum atomic E-state index is -4.51. The number of piperazine rings is 1. The molecule has 1 aliphatic rings. The van der Waals surface area contributed by atoms with Crippen molar-refractivity contribution in [3.05, 3.63) is 17.0 Å². The monoisotopic (exact) mass is 322 g/mol. The van der Waals surface area contributed by atoms with Crippen LogP contribution in [0.2, 0.25) is 5.28 Å². The molecule has 8 heteroatoms. The van der Waals surface area contributed by atoms with Crippen molar-refractivity contribution in [2.24, 2.45) is 0 Å². The molecule has 0 N–H and O–H groups in total. The molecular formula is C13H18ClF3N4. The van der Waals surface area contributed by atoms with Gasteiger partial charge in [-0.05, 0) is 24.9 Å². The Balaban J connectivity index is 2.12. The summed E-state index contributed by atoms with van der Waals surface area (Å²) in [5.74, 6) is 0.242. The average molecular weight is 323 g/mol. The summed E-state index contributed by atoms with van der Waals surface area (Å²) in [6.07, 6.45) is -3.46. The summed E-state index contributed by atoms with van der Waals surface area (Å²) in [4.78, 5) is 11.3. The van der Waals surface area contributed by atoms with Gasteiger partial charge in [0.05, 0.1) is 0 Å². The zero-order chi connectivity index (χ0) is 15.6. The molecule has 0 radical (unpaired) electrons. The Morgan fingerprint density at radius 3 is 2.38 bits per heavy atom. The highest BCUT2D eigenvalue weighted by molar-refractivity contribution is 6.28. The molecule has 0 bridgehead atoms. The first-order chi connectivity index (χ1) is 9.81. The minimum Gasteiger partial charge on any atom is -0.354 e. The molecular weight excluding hydrogens is 305 g/mol. The molecule has 1 unspecified atom stereocenters. The molecule has 1 saturated heterocycles. The number of aromatic nitrogens is 2. The summed E-state index contributed by atoms with van der Waals surface area (Å²) in [7, 11) is 0. The molecule has 1 fully saturated rings. The summed E-state index contributed by atoms with van der Waals surface area (Å²) in [6.45, 7) is 7.15. The van der Waals surface area contributed by atoms with Crippen LogP contribution in [0.5, 0.6) is 0 Å². The fraction of sp³-hybridized carbons (Fsp3) is 0.692. The van der Waals surface area contributed by atoms with Gasteiger partial charge in [-0.25, -0.2) is 9.97 Å². The van der Waals surface area contributed by atoms with Crippen LogP contribution in [0.15, 0.2) is 6.07 Å². The third-order valence-corrected chi connectivity index (χ3v) is 4.00. The van der Waals surface area contributed by atoms with Gasteiger partial charge in [-0.3, -0.25) is 4.90 Å². The second kappa shape index (κ2) is 6.36. The van der Waals surface area contributed by atoms with E-state index in [2.05, 4.69) is 28.7 Å². The molecule has 118 valence electrons. The van der Waals surface area contributed by atoms with Gasteiger partial charge in [-0.15, -0.1) is 0 Å². The third-order valence-electron chi connectivity index (χ3n) is 3.83. The van der Waals surface area contributed by atoms with E-state index in [0.29, 0.717) is 19.1 Å². The Kier molecular flexibility index (Phi) is 4.93. The number of halogens is 4. The van der Waals surface area contributed by atoms with E-state index in [0.717, 1.165) is 25.6 Å². The third kappa shape index (κ3) is 3.97. The van der Waals surface area contributed by atoms with Crippen LogP contribution in [0.4, 0.5) is 19.0 Å². The van der Waals surface area contributed by atoms with Crippen molar-refractivity contribution in [3.63, 3.8) is 0 Å². The van der Waals surface area contributed by atoms with Crippen LogP contribution in [-0.4, -0.2) is 47.1 Å². The highest BCUT2D eigenvalue weighted by atomic mass is 35.5. The maximum absolute atomic E-state index is 12.8. The minimum absolute atomic E-state index is 0.242. The van der Waals surface area contributed by atoms with Crippen LogP contribution in [0, 0.1) is 0 Å². The lowest BCUT2D eigenvalue weighted by molar-refractivity contribution is -0.141. The van der Waals surface area contributed by atoms with Crippen LogP contribution >= 0.6 is 11.6 Å². The molecule has 0 saturated carbocycles. The van der Waals surface area contributed by atoms with E-state index >= 15 is 0 Å². The van der Waals surface area contributed by atoms with Crippen molar-refractivity contribution >= 4 is 17.4 Å². The molecule has 1 atom stereocenters. The summed E-state index contributed by atoms with van der Waals surface area (Å²) >= 11 is 5.62. The first kappa shape index (κ1) is 16.3. The maximum atomic E-state index is 12.8. The Hall–Kier alpha value is -1.08. The van der Waals surface area contributed by atoms with E-state index in [1.807, 2.05) is 4.90 Å². The largest absolute Gasteiger partial charge is 0.433 e. The van der Waals surface area contributed by atoms with Crippen LogP contribution < -0.4 is 4.90 Å². The number of alkyl halides is 3. The summed E-state index contributed by atoms with van der Waals surface area (Å²) in [5, 5.41) is -0.371. The van der Waals surface area contributed by atoms with Crippen molar-refractivity contribution in [2.45, 2.75) is 32.5 Å². The smallest absolute Gasteiger partial charge is 0.354 e. The first-order valence-corrected chi connectivity index (χ1v) is 7.30. The van der Waals surface area contributed by atoms with Gasteiger partial charge in [0.2, 0.25) is 5.28 Å². The van der Waals surface area contributed by atoms with Crippen molar-refractivity contribution in [1.82, 2.24) is 14.9 Å². The van der Waals surface area contributed by atoms with Gasteiger partial charge in [0.25, 0.3) is 0 Å². The molecule has 1 aliphatic heterocycles. The van der Waals surface area contributed by atoms with Crippen molar-refractivity contribution < 1.29 is 13.2 Å². The summed E-state index contributed by atoms with van der Waals surface area (Å²) in [6, 6.07) is 1.44. The Labute approximate surface area is 126 Å². The van der Waals surface area contributed by atoms with Crippen molar-refractivity contribution in [3.8, 4) is 0 Å². The molecule has 2 heterocycles. The van der Waals surface area contributed by atoms with Crippen LogP contribution in [0.3, 0.4) is 0 Å². The van der Waals surface area contributed by atoms with Crippen LogP contribution in [-0.2, 0) is 6.18 Å². The summed E-state index contributed by atoms with van der Waals surface area (Å²) in [5.41, 5.74) is -0.998. The number of hydrogen-bond donors (Lipinski definition) is 0. The van der Waals surface area contributed by atoms with Gasteiger partial charge in [0.1, 0.15) is 5.82 Å². The lowest BCUT2D eigenvalue weighted by Gasteiger charge is -2.38. The highest BCUT2D eigenvalue weighted by Crippen LogP contribution is 2.30. The SMILES string of the molecule is CCC(C)N1CCN(c2cc(C(F)(F)F)nc(Cl)n2)CC1. The molecule has 0 amide bonds. The molecule has 0 aromatic carbocycles. The quantitative estimate of drug-likeness (QED) is 0.801. The predicted molar refractivity (Wildman–Crippen MR) is 75.6 cm³/mol. The van der Waals surface area contributed by atoms with E-state index < -0.39 is 11.9 Å². The lowest BCUT2D eigenvalue weighted by Crippen LogP contribution is -2.49. The molecule has 4 nitrogen and oxygen atoms in total. The summed E-state index contributed by atoms with van der Waals surface area (Å²) < 4.78 is 38.3. The number of rotatable bonds is 3. The van der Waals surface area contributed by atoms with Gasteiger partial charge in [0.15, 0.2) is 5.69 Å². The number of anilines is 1. The Morgan fingerprint density at radius 2 is 1.86 bits per heavy atom. The van der Waals surface area contributed by atoms with Crippen LogP contribution in [0.1, 0.15) is 26.0 Å². The van der Waals surface area contributed by atoms with Crippen molar-refractivity contribution in [1.29, 1.82) is 0 Å². The zero-order valence-corrected chi connectivity index (χ0v) is 12.7. The normalized spacial score (nSPS) is 18.9. The standard InChI is InChI=1S/C13H18ClF3N4/c1-3-9(2)20-4-6-21(7-5-20)11-8-10(13(15,16)17)18-12(14)19-11/h8-9H,3-7H2,1-2H3. The van der Waals surface area contributed by atoms with E-state index in [1.54, 1.807) is 0 Å². The van der Waals surface area contributed by atoms with E-state index in [4.69, 9.17) is 11.6 Å². The second-order valence-corrected chi connectivity index (χ2v) is 5.50. The fourth-order valence-electron chi connectivity index (χ4n) is 2.36. The van der Waals surface area contributed by atoms with E-state index in [1.165, 1.54) is 0 Å². The molecule has 0 spiro atoms. The highest BCUT2D eigenvalue weighted by Gasteiger charge is 2.34. The topological polar surface area (TPSA) is 32.3 Å². The Bertz CT molecular complexity index is 487. The number of nitrogens with zero attached hydrogens (tertiary/aromatic N) is 4. The average Bonchev–Trinajstić information content (AvgIpc) is 2.45. The van der Waals surface area contributed by atoms with Gasteiger partial charge in [-0.1, -0.05) is 6.92 Å². The Morgan fingerprint density at radius 1 is 1.24 bits per heavy atom. The maximum Gasteiger partial charge on any atom is 0.433 e. The van der Waals surface area contributed by atoms with Gasteiger partial charge in [-0.2, -0.15) is 13.2 Å². The lowest BCUT2D eigenvalue weighted by atomic mass is 10.2. The van der Waals surface area contributed by atoms with Gasteiger partial charge in [0, 0.05) is 38.3 Å². The fourth-order valence-corrected chi connectivity index (χ4v) is 2.54. The van der Waals surface area contributed by atoms with Gasteiger partial charge >= 0.3 is 6.18 Å². The predicted octanol–water partition coefficient (Wildman–Crippen LogP) is 3.07.